The van der Waals surface area contributed by atoms with Gasteiger partial charge < -0.3 is 10.2 Å². The number of hydrogen-bond donors (Lipinski definition) is 1. The number of nitrogens with one attached hydrogen (secondary N) is 1. The molecule has 27 heavy (non-hydrogen) atoms. The van der Waals surface area contributed by atoms with E-state index in [9.17, 15) is 4.79 Å². The molecule has 0 bridgehead atoms. The standard InChI is InChI=1S/C21H29N5O/c1-14(2)21(27)23-12-17-8-7-11-26(13-17)20-15(3)16(4)24-19(25-20)18-9-5-6-10-22-18/h5-6,9-10,14,17H,7-8,11-13H2,1-4H3,(H,23,27). The quantitative estimate of drug-likeness (QED) is 0.879. The molecule has 1 aliphatic heterocycles. The van der Waals surface area contributed by atoms with Crippen LogP contribution in [0.5, 0.6) is 0 Å². The van der Waals surface area contributed by atoms with Crippen LogP contribution in [0.2, 0.25) is 0 Å². The van der Waals surface area contributed by atoms with Gasteiger partial charge in [-0.05, 0) is 44.7 Å². The third-order valence-electron chi connectivity index (χ3n) is 5.17. The van der Waals surface area contributed by atoms with Gasteiger partial charge in [-0.1, -0.05) is 19.9 Å². The SMILES string of the molecule is Cc1nc(-c2ccccn2)nc(N2CCCC(CNC(=O)C(C)C)C2)c1C. The molecule has 0 aromatic carbocycles. The van der Waals surface area contributed by atoms with E-state index in [1.807, 2.05) is 39.0 Å². The number of aromatic nitrogens is 3. The minimum Gasteiger partial charge on any atom is -0.356 e. The summed E-state index contributed by atoms with van der Waals surface area (Å²) in [5.74, 6) is 2.25. The maximum atomic E-state index is 11.9. The van der Waals surface area contributed by atoms with Gasteiger partial charge in [-0.2, -0.15) is 0 Å². The molecule has 2 aromatic heterocycles. The number of pyridine rings is 1. The maximum absolute atomic E-state index is 11.9. The van der Waals surface area contributed by atoms with Crippen molar-refractivity contribution in [3.05, 3.63) is 35.7 Å². The molecule has 144 valence electrons. The van der Waals surface area contributed by atoms with E-state index in [0.29, 0.717) is 11.7 Å². The first-order valence-electron chi connectivity index (χ1n) is 9.75. The van der Waals surface area contributed by atoms with E-state index in [1.54, 1.807) is 6.20 Å². The van der Waals surface area contributed by atoms with Crippen LogP contribution in [0.15, 0.2) is 24.4 Å². The van der Waals surface area contributed by atoms with Crippen molar-refractivity contribution in [3.8, 4) is 11.5 Å². The smallest absolute Gasteiger partial charge is 0.222 e. The number of amides is 1. The van der Waals surface area contributed by atoms with Gasteiger partial charge in [-0.15, -0.1) is 0 Å². The molecule has 1 saturated heterocycles. The summed E-state index contributed by atoms with van der Waals surface area (Å²) in [7, 11) is 0. The molecule has 1 unspecified atom stereocenters. The molecule has 6 heteroatoms. The monoisotopic (exact) mass is 367 g/mol. The Hall–Kier alpha value is -2.50. The van der Waals surface area contributed by atoms with Crippen LogP contribution in [0, 0.1) is 25.7 Å². The van der Waals surface area contributed by atoms with Crippen molar-refractivity contribution in [2.24, 2.45) is 11.8 Å². The van der Waals surface area contributed by atoms with Gasteiger partial charge in [-0.25, -0.2) is 9.97 Å². The van der Waals surface area contributed by atoms with Crippen molar-refractivity contribution in [1.82, 2.24) is 20.3 Å². The maximum Gasteiger partial charge on any atom is 0.222 e. The summed E-state index contributed by atoms with van der Waals surface area (Å²) >= 11 is 0. The van der Waals surface area contributed by atoms with Gasteiger partial charge >= 0.3 is 0 Å². The molecule has 3 heterocycles. The molecule has 1 aliphatic rings. The molecular formula is C21H29N5O. The van der Waals surface area contributed by atoms with E-state index in [4.69, 9.17) is 4.98 Å². The second kappa shape index (κ2) is 8.46. The van der Waals surface area contributed by atoms with E-state index in [-0.39, 0.29) is 11.8 Å². The normalized spacial score (nSPS) is 17.2. The summed E-state index contributed by atoms with van der Waals surface area (Å²) in [5, 5.41) is 3.08. The van der Waals surface area contributed by atoms with Crippen LogP contribution < -0.4 is 10.2 Å². The zero-order valence-electron chi connectivity index (χ0n) is 16.7. The number of aryl methyl sites for hydroxylation is 1. The molecule has 0 saturated carbocycles. The molecule has 1 amide bonds. The Balaban J connectivity index is 1.78. The molecule has 3 rings (SSSR count). The van der Waals surface area contributed by atoms with E-state index < -0.39 is 0 Å². The fourth-order valence-corrected chi connectivity index (χ4v) is 3.40. The molecule has 1 N–H and O–H groups in total. The average molecular weight is 367 g/mol. The summed E-state index contributed by atoms with van der Waals surface area (Å²) in [5.41, 5.74) is 2.89. The summed E-state index contributed by atoms with van der Waals surface area (Å²) in [6.45, 7) is 10.6. The predicted molar refractivity (Wildman–Crippen MR) is 108 cm³/mol. The highest BCUT2D eigenvalue weighted by atomic mass is 16.1. The van der Waals surface area contributed by atoms with Gasteiger partial charge in [0.2, 0.25) is 5.91 Å². The molecule has 1 fully saturated rings. The van der Waals surface area contributed by atoms with E-state index in [0.717, 1.165) is 55.2 Å². The summed E-state index contributed by atoms with van der Waals surface area (Å²) in [6.07, 6.45) is 4.00. The third-order valence-corrected chi connectivity index (χ3v) is 5.17. The Kier molecular flexibility index (Phi) is 6.04. The van der Waals surface area contributed by atoms with Crippen molar-refractivity contribution in [3.63, 3.8) is 0 Å². The highest BCUT2D eigenvalue weighted by Gasteiger charge is 2.24. The molecular weight excluding hydrogens is 338 g/mol. The zero-order valence-corrected chi connectivity index (χ0v) is 16.7. The van der Waals surface area contributed by atoms with Gasteiger partial charge in [0.25, 0.3) is 0 Å². The molecule has 6 nitrogen and oxygen atoms in total. The van der Waals surface area contributed by atoms with Crippen LogP contribution in [0.25, 0.3) is 11.5 Å². The topological polar surface area (TPSA) is 71.0 Å². The van der Waals surface area contributed by atoms with E-state index in [1.165, 1.54) is 0 Å². The molecule has 1 atom stereocenters. The fraction of sp³-hybridized carbons (Fsp3) is 0.524. The minimum atomic E-state index is 0.0254. The lowest BCUT2D eigenvalue weighted by Gasteiger charge is -2.35. The van der Waals surface area contributed by atoms with Crippen LogP contribution >= 0.6 is 0 Å². The van der Waals surface area contributed by atoms with Crippen molar-refractivity contribution < 1.29 is 4.79 Å². The van der Waals surface area contributed by atoms with Crippen LogP contribution in [0.4, 0.5) is 5.82 Å². The number of carbonyl (C=O) groups is 1. The summed E-state index contributed by atoms with van der Waals surface area (Å²) in [4.78, 5) is 28.1. The van der Waals surface area contributed by atoms with Gasteiger partial charge in [-0.3, -0.25) is 9.78 Å². The van der Waals surface area contributed by atoms with E-state index in [2.05, 4.69) is 27.1 Å². The second-order valence-corrected chi connectivity index (χ2v) is 7.65. The minimum absolute atomic E-state index is 0.0254. The highest BCUT2D eigenvalue weighted by molar-refractivity contribution is 5.77. The van der Waals surface area contributed by atoms with Gasteiger partial charge in [0, 0.05) is 43.0 Å². The average Bonchev–Trinajstić information content (AvgIpc) is 2.69. The van der Waals surface area contributed by atoms with Crippen molar-refractivity contribution >= 4 is 11.7 Å². The van der Waals surface area contributed by atoms with Crippen molar-refractivity contribution in [2.45, 2.75) is 40.5 Å². The number of nitrogens with zero attached hydrogens (tertiary/aromatic N) is 4. The number of hydrogen-bond acceptors (Lipinski definition) is 5. The fourth-order valence-electron chi connectivity index (χ4n) is 3.40. The molecule has 0 aliphatic carbocycles. The largest absolute Gasteiger partial charge is 0.356 e. The lowest BCUT2D eigenvalue weighted by Crippen LogP contribution is -2.42. The lowest BCUT2D eigenvalue weighted by atomic mass is 9.97. The number of rotatable bonds is 5. The van der Waals surface area contributed by atoms with Crippen LogP contribution in [-0.4, -0.2) is 40.5 Å². The summed E-state index contributed by atoms with van der Waals surface area (Å²) < 4.78 is 0. The zero-order chi connectivity index (χ0) is 19.4. The van der Waals surface area contributed by atoms with Gasteiger partial charge in [0.1, 0.15) is 11.5 Å². The third kappa shape index (κ3) is 4.62. The van der Waals surface area contributed by atoms with Crippen LogP contribution in [0.3, 0.4) is 0 Å². The number of anilines is 1. The summed E-state index contributed by atoms with van der Waals surface area (Å²) in [6, 6.07) is 5.79. The van der Waals surface area contributed by atoms with E-state index >= 15 is 0 Å². The van der Waals surface area contributed by atoms with Gasteiger partial charge in [0.05, 0.1) is 0 Å². The van der Waals surface area contributed by atoms with Crippen molar-refractivity contribution in [2.75, 3.05) is 24.5 Å². The first-order chi connectivity index (χ1) is 13.0. The second-order valence-electron chi connectivity index (χ2n) is 7.65. The number of piperidine rings is 1. The lowest BCUT2D eigenvalue weighted by molar-refractivity contribution is -0.124. The molecule has 0 radical (unpaired) electrons. The van der Waals surface area contributed by atoms with Gasteiger partial charge in [0.15, 0.2) is 5.82 Å². The van der Waals surface area contributed by atoms with Crippen LogP contribution in [0.1, 0.15) is 37.9 Å². The Morgan fingerprint density at radius 1 is 1.30 bits per heavy atom. The Morgan fingerprint density at radius 3 is 2.81 bits per heavy atom. The molecule has 2 aromatic rings. The molecule has 0 spiro atoms. The first-order valence-corrected chi connectivity index (χ1v) is 9.75. The number of carbonyl (C=O) groups excluding carboxylic acids is 1. The highest BCUT2D eigenvalue weighted by Crippen LogP contribution is 2.27. The Labute approximate surface area is 161 Å². The Morgan fingerprint density at radius 2 is 2.11 bits per heavy atom. The predicted octanol–water partition coefficient (Wildman–Crippen LogP) is 3.14. The Bertz CT molecular complexity index is 791. The van der Waals surface area contributed by atoms with Crippen LogP contribution in [-0.2, 0) is 4.79 Å². The van der Waals surface area contributed by atoms with Crippen molar-refractivity contribution in [1.29, 1.82) is 0 Å². The first kappa shape index (κ1) is 19.3.